The van der Waals surface area contributed by atoms with Gasteiger partial charge in [-0.15, -0.1) is 0 Å². The molecule has 0 heterocycles. The predicted octanol–water partition coefficient (Wildman–Crippen LogP) is 3.93. The molecule has 2 nitrogen and oxygen atoms in total. The van der Waals surface area contributed by atoms with Gasteiger partial charge >= 0.3 is 0 Å². The minimum Gasteiger partial charge on any atom is -0.387 e. The van der Waals surface area contributed by atoms with E-state index in [0.717, 1.165) is 11.1 Å². The lowest BCUT2D eigenvalue weighted by Crippen LogP contribution is -2.12. The number of hydrogen-bond acceptors (Lipinski definition) is 2. The van der Waals surface area contributed by atoms with Crippen LogP contribution >= 0.6 is 11.6 Å². The van der Waals surface area contributed by atoms with Crippen LogP contribution in [-0.2, 0) is 0 Å². The van der Waals surface area contributed by atoms with Crippen molar-refractivity contribution in [3.8, 4) is 0 Å². The van der Waals surface area contributed by atoms with Crippen LogP contribution in [0.25, 0.3) is 0 Å². The van der Waals surface area contributed by atoms with Gasteiger partial charge in [-0.1, -0.05) is 23.7 Å². The third kappa shape index (κ3) is 3.94. The first-order valence-corrected chi connectivity index (χ1v) is 6.37. The van der Waals surface area contributed by atoms with Crippen molar-refractivity contribution in [2.24, 2.45) is 0 Å². The normalized spacial score (nSPS) is 12.2. The molecule has 0 saturated carbocycles. The number of anilines is 1. The van der Waals surface area contributed by atoms with Gasteiger partial charge < -0.3 is 10.4 Å². The molecule has 0 bridgehead atoms. The molecular formula is C15H15ClFNO. The Balaban J connectivity index is 1.99. The number of aryl methyl sites for hydroxylation is 1. The second-order valence-corrected chi connectivity index (χ2v) is 4.90. The van der Waals surface area contributed by atoms with Gasteiger partial charge in [0.1, 0.15) is 5.82 Å². The van der Waals surface area contributed by atoms with Gasteiger partial charge in [0, 0.05) is 17.3 Å². The molecule has 2 rings (SSSR count). The average molecular weight is 280 g/mol. The monoisotopic (exact) mass is 279 g/mol. The highest BCUT2D eigenvalue weighted by atomic mass is 35.5. The molecule has 0 amide bonds. The Morgan fingerprint density at radius 2 is 1.89 bits per heavy atom. The van der Waals surface area contributed by atoms with E-state index in [1.54, 1.807) is 24.3 Å². The Morgan fingerprint density at radius 3 is 2.53 bits per heavy atom. The highest BCUT2D eigenvalue weighted by Crippen LogP contribution is 2.18. The first-order chi connectivity index (χ1) is 9.04. The minimum atomic E-state index is -0.666. The lowest BCUT2D eigenvalue weighted by molar-refractivity contribution is 0.191. The van der Waals surface area contributed by atoms with Crippen LogP contribution in [-0.4, -0.2) is 11.7 Å². The largest absolute Gasteiger partial charge is 0.387 e. The molecule has 0 aliphatic heterocycles. The summed E-state index contributed by atoms with van der Waals surface area (Å²) in [4.78, 5) is 0. The molecule has 0 fully saturated rings. The highest BCUT2D eigenvalue weighted by molar-refractivity contribution is 6.30. The minimum absolute atomic E-state index is 0.288. The number of aliphatic hydroxyl groups is 1. The summed E-state index contributed by atoms with van der Waals surface area (Å²) in [7, 11) is 0. The SMILES string of the molecule is Cc1cc(F)cc(NCC(O)c2ccc(Cl)cc2)c1. The Morgan fingerprint density at radius 1 is 1.21 bits per heavy atom. The topological polar surface area (TPSA) is 32.3 Å². The van der Waals surface area contributed by atoms with Gasteiger partial charge in [0.25, 0.3) is 0 Å². The van der Waals surface area contributed by atoms with Crippen LogP contribution in [0.5, 0.6) is 0 Å². The van der Waals surface area contributed by atoms with E-state index in [2.05, 4.69) is 5.32 Å². The molecule has 1 unspecified atom stereocenters. The van der Waals surface area contributed by atoms with Crippen LogP contribution in [0.15, 0.2) is 42.5 Å². The zero-order valence-electron chi connectivity index (χ0n) is 10.5. The van der Waals surface area contributed by atoms with Crippen molar-refractivity contribution in [2.45, 2.75) is 13.0 Å². The van der Waals surface area contributed by atoms with Crippen LogP contribution in [0.3, 0.4) is 0 Å². The van der Waals surface area contributed by atoms with Crippen LogP contribution in [0.1, 0.15) is 17.2 Å². The average Bonchev–Trinajstić information content (AvgIpc) is 2.36. The van der Waals surface area contributed by atoms with Crippen molar-refractivity contribution in [3.05, 3.63) is 64.4 Å². The quantitative estimate of drug-likeness (QED) is 0.889. The van der Waals surface area contributed by atoms with Crippen molar-refractivity contribution in [1.82, 2.24) is 0 Å². The lowest BCUT2D eigenvalue weighted by atomic mass is 10.1. The van der Waals surface area contributed by atoms with Crippen LogP contribution in [0.2, 0.25) is 5.02 Å². The second kappa shape index (κ2) is 6.04. The van der Waals surface area contributed by atoms with Crippen LogP contribution < -0.4 is 5.32 Å². The maximum Gasteiger partial charge on any atom is 0.125 e. The Hall–Kier alpha value is -1.58. The van der Waals surface area contributed by atoms with Crippen molar-refractivity contribution in [3.63, 3.8) is 0 Å². The molecule has 1 atom stereocenters. The van der Waals surface area contributed by atoms with Crippen molar-refractivity contribution >= 4 is 17.3 Å². The molecule has 100 valence electrons. The predicted molar refractivity (Wildman–Crippen MR) is 76.0 cm³/mol. The summed E-state index contributed by atoms with van der Waals surface area (Å²) in [5, 5.41) is 13.7. The smallest absolute Gasteiger partial charge is 0.125 e. The molecular weight excluding hydrogens is 265 g/mol. The summed E-state index contributed by atoms with van der Waals surface area (Å²) < 4.78 is 13.2. The molecule has 2 aromatic carbocycles. The highest BCUT2D eigenvalue weighted by Gasteiger charge is 2.07. The van der Waals surface area contributed by atoms with Gasteiger partial charge in [-0.05, 0) is 48.4 Å². The third-order valence-electron chi connectivity index (χ3n) is 2.80. The first-order valence-electron chi connectivity index (χ1n) is 5.99. The van der Waals surface area contributed by atoms with E-state index in [-0.39, 0.29) is 5.82 Å². The summed E-state index contributed by atoms with van der Waals surface area (Å²) >= 11 is 5.79. The fraction of sp³-hybridized carbons (Fsp3) is 0.200. The van der Waals surface area contributed by atoms with E-state index in [4.69, 9.17) is 11.6 Å². The van der Waals surface area contributed by atoms with Crippen LogP contribution in [0.4, 0.5) is 10.1 Å². The van der Waals surface area contributed by atoms with E-state index in [0.29, 0.717) is 17.3 Å². The second-order valence-electron chi connectivity index (χ2n) is 4.47. The van der Waals surface area contributed by atoms with Crippen LogP contribution in [0, 0.1) is 12.7 Å². The van der Waals surface area contributed by atoms with Gasteiger partial charge in [0.2, 0.25) is 0 Å². The number of hydrogen-bond donors (Lipinski definition) is 2. The lowest BCUT2D eigenvalue weighted by Gasteiger charge is -2.13. The van der Waals surface area contributed by atoms with Gasteiger partial charge in [0.15, 0.2) is 0 Å². The summed E-state index contributed by atoms with van der Waals surface area (Å²) in [6, 6.07) is 11.7. The maximum absolute atomic E-state index is 13.2. The fourth-order valence-corrected chi connectivity index (χ4v) is 1.98. The molecule has 0 aromatic heterocycles. The zero-order chi connectivity index (χ0) is 13.8. The van der Waals surface area contributed by atoms with Gasteiger partial charge in [-0.2, -0.15) is 0 Å². The first kappa shape index (κ1) is 13.8. The van der Waals surface area contributed by atoms with E-state index in [1.807, 2.05) is 13.0 Å². The number of aliphatic hydroxyl groups excluding tert-OH is 1. The summed E-state index contributed by atoms with van der Waals surface area (Å²) in [5.74, 6) is -0.288. The number of rotatable bonds is 4. The van der Waals surface area contributed by atoms with Gasteiger partial charge in [0.05, 0.1) is 6.10 Å². The Bertz CT molecular complexity index is 536. The van der Waals surface area contributed by atoms with Gasteiger partial charge in [-0.25, -0.2) is 4.39 Å². The standard InChI is InChI=1S/C15H15ClFNO/c1-10-6-13(17)8-14(7-10)18-9-15(19)11-2-4-12(16)5-3-11/h2-8,15,18-19H,9H2,1H3. The third-order valence-corrected chi connectivity index (χ3v) is 3.05. The number of halogens is 2. The van der Waals surface area contributed by atoms with E-state index in [1.165, 1.54) is 12.1 Å². The van der Waals surface area contributed by atoms with Gasteiger partial charge in [-0.3, -0.25) is 0 Å². The molecule has 2 N–H and O–H groups in total. The number of nitrogens with one attached hydrogen (secondary N) is 1. The van der Waals surface area contributed by atoms with E-state index >= 15 is 0 Å². The molecule has 0 aliphatic rings. The van der Waals surface area contributed by atoms with Crippen molar-refractivity contribution in [2.75, 3.05) is 11.9 Å². The van der Waals surface area contributed by atoms with E-state index < -0.39 is 6.10 Å². The molecule has 0 aliphatic carbocycles. The molecule has 0 saturated heterocycles. The molecule has 0 radical (unpaired) electrons. The summed E-state index contributed by atoms with van der Waals surface area (Å²) in [6.45, 7) is 2.13. The zero-order valence-corrected chi connectivity index (χ0v) is 11.3. The summed E-state index contributed by atoms with van der Waals surface area (Å²) in [6.07, 6.45) is -0.666. The molecule has 4 heteroatoms. The molecule has 0 spiro atoms. The summed E-state index contributed by atoms with van der Waals surface area (Å²) in [5.41, 5.74) is 2.26. The fourth-order valence-electron chi connectivity index (χ4n) is 1.86. The van der Waals surface area contributed by atoms with Crippen molar-refractivity contribution in [1.29, 1.82) is 0 Å². The van der Waals surface area contributed by atoms with E-state index in [9.17, 15) is 9.50 Å². The Kier molecular flexibility index (Phi) is 4.40. The van der Waals surface area contributed by atoms with Crippen molar-refractivity contribution < 1.29 is 9.50 Å². The number of benzene rings is 2. The Labute approximate surface area is 116 Å². The molecule has 2 aromatic rings. The molecule has 19 heavy (non-hydrogen) atoms. The maximum atomic E-state index is 13.2.